The molecule has 138 valence electrons. The number of amides is 1. The van der Waals surface area contributed by atoms with Crippen LogP contribution >= 0.6 is 0 Å². The zero-order chi connectivity index (χ0) is 19.4. The highest BCUT2D eigenvalue weighted by Gasteiger charge is 2.21. The molecular weight excluding hydrogens is 347 g/mol. The summed E-state index contributed by atoms with van der Waals surface area (Å²) in [5.41, 5.74) is 1.56. The van der Waals surface area contributed by atoms with Crippen molar-refractivity contribution < 1.29 is 18.7 Å². The number of hydrogen-bond donors (Lipinski definition) is 1. The Labute approximate surface area is 156 Å². The van der Waals surface area contributed by atoms with Crippen LogP contribution in [-0.2, 0) is 9.53 Å². The molecule has 0 saturated carbocycles. The SMILES string of the molecule is C[C@H](NC(=O)[C@@H](C)OC(=O)c1ccc2ccccc2n1)c1ccc(F)cc1. The molecule has 3 rings (SSSR count). The van der Waals surface area contributed by atoms with E-state index in [1.165, 1.54) is 19.1 Å². The van der Waals surface area contributed by atoms with Crippen LogP contribution in [0.1, 0.15) is 35.9 Å². The minimum atomic E-state index is -0.992. The average Bonchev–Trinajstić information content (AvgIpc) is 2.67. The second-order valence-electron chi connectivity index (χ2n) is 6.22. The maximum Gasteiger partial charge on any atom is 0.357 e. The van der Waals surface area contributed by atoms with E-state index in [4.69, 9.17) is 4.74 Å². The standard InChI is InChI=1S/C21H19FN2O3/c1-13(15-7-10-17(22)11-8-15)23-20(25)14(2)27-21(26)19-12-9-16-5-3-4-6-18(16)24-19/h3-14H,1-2H3,(H,23,25)/t13-,14+/m0/s1. The van der Waals surface area contributed by atoms with Crippen molar-refractivity contribution >= 4 is 22.8 Å². The molecule has 1 aromatic heterocycles. The Bertz CT molecular complexity index is 973. The quantitative estimate of drug-likeness (QED) is 0.698. The molecule has 6 heteroatoms. The number of carbonyl (C=O) groups is 2. The molecule has 3 aromatic rings. The molecule has 5 nitrogen and oxygen atoms in total. The van der Waals surface area contributed by atoms with E-state index in [1.807, 2.05) is 18.2 Å². The minimum Gasteiger partial charge on any atom is -0.448 e. The molecule has 0 bridgehead atoms. The molecule has 0 unspecified atom stereocenters. The van der Waals surface area contributed by atoms with E-state index in [9.17, 15) is 14.0 Å². The fourth-order valence-electron chi connectivity index (χ4n) is 2.62. The Kier molecular flexibility index (Phi) is 5.45. The van der Waals surface area contributed by atoms with Gasteiger partial charge in [0.05, 0.1) is 11.6 Å². The predicted octanol–water partition coefficient (Wildman–Crippen LogP) is 3.80. The van der Waals surface area contributed by atoms with Gasteiger partial charge in [-0.1, -0.05) is 36.4 Å². The van der Waals surface area contributed by atoms with E-state index in [0.29, 0.717) is 5.52 Å². The molecule has 2 aromatic carbocycles. The summed E-state index contributed by atoms with van der Waals surface area (Å²) in [6.45, 7) is 3.26. The van der Waals surface area contributed by atoms with Crippen molar-refractivity contribution in [2.45, 2.75) is 26.0 Å². The van der Waals surface area contributed by atoms with Crippen LogP contribution in [-0.4, -0.2) is 23.0 Å². The van der Waals surface area contributed by atoms with E-state index in [1.54, 1.807) is 37.3 Å². The third kappa shape index (κ3) is 4.47. The van der Waals surface area contributed by atoms with Gasteiger partial charge in [0, 0.05) is 5.39 Å². The summed E-state index contributed by atoms with van der Waals surface area (Å²) >= 11 is 0. The van der Waals surface area contributed by atoms with Gasteiger partial charge in [-0.3, -0.25) is 4.79 Å². The number of esters is 1. The van der Waals surface area contributed by atoms with Crippen LogP contribution in [0.2, 0.25) is 0 Å². The van der Waals surface area contributed by atoms with Crippen LogP contribution in [0.25, 0.3) is 10.9 Å². The topological polar surface area (TPSA) is 68.3 Å². The summed E-state index contributed by atoms with van der Waals surface area (Å²) in [5.74, 6) is -1.46. The molecule has 0 radical (unpaired) electrons. The van der Waals surface area contributed by atoms with Gasteiger partial charge < -0.3 is 10.1 Å². The number of rotatable bonds is 5. The molecule has 1 heterocycles. The first kappa shape index (κ1) is 18.5. The molecule has 1 amide bonds. The number of carbonyl (C=O) groups excluding carboxylic acids is 2. The van der Waals surface area contributed by atoms with Crippen LogP contribution in [0.15, 0.2) is 60.7 Å². The Morgan fingerprint density at radius 1 is 1.00 bits per heavy atom. The number of benzene rings is 2. The highest BCUT2D eigenvalue weighted by Crippen LogP contribution is 2.15. The van der Waals surface area contributed by atoms with Crippen molar-refractivity contribution in [2.24, 2.45) is 0 Å². The number of fused-ring (bicyclic) bond motifs is 1. The van der Waals surface area contributed by atoms with E-state index in [2.05, 4.69) is 10.3 Å². The number of ether oxygens (including phenoxy) is 1. The van der Waals surface area contributed by atoms with Crippen LogP contribution in [0, 0.1) is 5.82 Å². The van der Waals surface area contributed by atoms with Crippen LogP contribution < -0.4 is 5.32 Å². The van der Waals surface area contributed by atoms with Gasteiger partial charge in [0.2, 0.25) is 0 Å². The molecule has 2 atom stereocenters. The van der Waals surface area contributed by atoms with Gasteiger partial charge in [-0.15, -0.1) is 0 Å². The summed E-state index contributed by atoms with van der Waals surface area (Å²) in [4.78, 5) is 28.8. The highest BCUT2D eigenvalue weighted by atomic mass is 19.1. The summed E-state index contributed by atoms with van der Waals surface area (Å²) in [7, 11) is 0. The molecule has 0 aliphatic rings. The first-order valence-corrected chi connectivity index (χ1v) is 8.56. The lowest BCUT2D eigenvalue weighted by atomic mass is 10.1. The molecule has 0 spiro atoms. The first-order chi connectivity index (χ1) is 12.9. The normalized spacial score (nSPS) is 13.0. The van der Waals surface area contributed by atoms with Gasteiger partial charge in [-0.2, -0.15) is 0 Å². The monoisotopic (exact) mass is 366 g/mol. The van der Waals surface area contributed by atoms with E-state index < -0.39 is 18.0 Å². The molecular formula is C21H19FN2O3. The van der Waals surface area contributed by atoms with Crippen molar-refractivity contribution in [3.8, 4) is 0 Å². The third-order valence-electron chi connectivity index (χ3n) is 4.19. The van der Waals surface area contributed by atoms with Gasteiger partial charge in [-0.05, 0) is 43.7 Å². The Morgan fingerprint density at radius 3 is 2.44 bits per heavy atom. The van der Waals surface area contributed by atoms with E-state index in [0.717, 1.165) is 10.9 Å². The largest absolute Gasteiger partial charge is 0.448 e. The second kappa shape index (κ2) is 7.95. The third-order valence-corrected chi connectivity index (χ3v) is 4.19. The fraction of sp³-hybridized carbons (Fsp3) is 0.190. The molecule has 0 aliphatic carbocycles. The van der Waals surface area contributed by atoms with Crippen molar-refractivity contribution in [1.82, 2.24) is 10.3 Å². The van der Waals surface area contributed by atoms with Gasteiger partial charge >= 0.3 is 5.97 Å². The number of hydrogen-bond acceptors (Lipinski definition) is 4. The van der Waals surface area contributed by atoms with Gasteiger partial charge in [0.25, 0.3) is 5.91 Å². The van der Waals surface area contributed by atoms with E-state index in [-0.39, 0.29) is 17.6 Å². The maximum atomic E-state index is 13.0. The minimum absolute atomic E-state index is 0.139. The van der Waals surface area contributed by atoms with Crippen LogP contribution in [0.3, 0.4) is 0 Å². The highest BCUT2D eigenvalue weighted by molar-refractivity contribution is 5.93. The number of para-hydroxylation sites is 1. The molecule has 0 fully saturated rings. The van der Waals surface area contributed by atoms with Crippen molar-refractivity contribution in [1.29, 1.82) is 0 Å². The summed E-state index contributed by atoms with van der Waals surface area (Å²) < 4.78 is 18.2. The molecule has 1 N–H and O–H groups in total. The lowest BCUT2D eigenvalue weighted by Gasteiger charge is -2.18. The number of nitrogens with zero attached hydrogens (tertiary/aromatic N) is 1. The summed E-state index contributed by atoms with van der Waals surface area (Å²) in [5, 5.41) is 3.65. The maximum absolute atomic E-state index is 13.0. The van der Waals surface area contributed by atoms with Crippen molar-refractivity contribution in [3.05, 3.63) is 77.7 Å². The Hall–Kier alpha value is -3.28. The first-order valence-electron chi connectivity index (χ1n) is 8.56. The fourth-order valence-corrected chi connectivity index (χ4v) is 2.62. The van der Waals surface area contributed by atoms with Gasteiger partial charge in [0.15, 0.2) is 6.10 Å². The predicted molar refractivity (Wildman–Crippen MR) is 99.6 cm³/mol. The lowest BCUT2D eigenvalue weighted by Crippen LogP contribution is -2.37. The number of pyridine rings is 1. The zero-order valence-electron chi connectivity index (χ0n) is 15.0. The lowest BCUT2D eigenvalue weighted by molar-refractivity contribution is -0.129. The number of nitrogens with one attached hydrogen (secondary N) is 1. The Balaban J connectivity index is 1.62. The smallest absolute Gasteiger partial charge is 0.357 e. The van der Waals surface area contributed by atoms with Crippen LogP contribution in [0.4, 0.5) is 4.39 Å². The Morgan fingerprint density at radius 2 is 1.70 bits per heavy atom. The number of aromatic nitrogens is 1. The molecule has 0 saturated heterocycles. The van der Waals surface area contributed by atoms with Crippen LogP contribution in [0.5, 0.6) is 0 Å². The summed E-state index contributed by atoms with van der Waals surface area (Å²) in [6.07, 6.45) is -0.992. The van der Waals surface area contributed by atoms with E-state index >= 15 is 0 Å². The zero-order valence-corrected chi connectivity index (χ0v) is 15.0. The van der Waals surface area contributed by atoms with Crippen molar-refractivity contribution in [3.63, 3.8) is 0 Å². The molecule has 0 aliphatic heterocycles. The van der Waals surface area contributed by atoms with Gasteiger partial charge in [0.1, 0.15) is 11.5 Å². The number of halogens is 1. The van der Waals surface area contributed by atoms with Gasteiger partial charge in [-0.25, -0.2) is 14.2 Å². The molecule has 27 heavy (non-hydrogen) atoms. The summed E-state index contributed by atoms with van der Waals surface area (Å²) in [6, 6.07) is 16.2. The van der Waals surface area contributed by atoms with Crippen molar-refractivity contribution in [2.75, 3.05) is 0 Å². The average molecular weight is 366 g/mol. The second-order valence-corrected chi connectivity index (χ2v) is 6.22.